The highest BCUT2D eigenvalue weighted by Gasteiger charge is 2.21. The Hall–Kier alpha value is -2.63. The number of nitrogens with two attached hydrogens (primary N) is 1. The number of hydrogen-bond donors (Lipinski definition) is 2. The van der Waals surface area contributed by atoms with Crippen LogP contribution in [0.2, 0.25) is 0 Å². The van der Waals surface area contributed by atoms with Gasteiger partial charge in [-0.05, 0) is 66.6 Å². The number of nitrogen functional groups attached to an aromatic ring is 1. The minimum Gasteiger partial charge on any atom is -0.435 e. The smallest absolute Gasteiger partial charge is 0.387 e. The third-order valence-electron chi connectivity index (χ3n) is 4.61. The van der Waals surface area contributed by atoms with Crippen molar-refractivity contribution in [1.82, 2.24) is 5.32 Å². The quantitative estimate of drug-likeness (QED) is 0.766. The zero-order chi connectivity index (χ0) is 18.5. The molecule has 2 aromatic carbocycles. The first-order valence-corrected chi connectivity index (χ1v) is 8.72. The van der Waals surface area contributed by atoms with Crippen LogP contribution in [-0.2, 0) is 17.6 Å². The van der Waals surface area contributed by atoms with Crippen molar-refractivity contribution in [3.63, 3.8) is 0 Å². The number of rotatable bonds is 6. The van der Waals surface area contributed by atoms with Crippen LogP contribution in [0, 0.1) is 0 Å². The summed E-state index contributed by atoms with van der Waals surface area (Å²) in [5, 5.41) is 3.10. The molecule has 0 spiro atoms. The minimum atomic E-state index is -2.83. The molecule has 6 heteroatoms. The molecular weight excluding hydrogens is 338 g/mol. The van der Waals surface area contributed by atoms with Crippen LogP contribution in [-0.4, -0.2) is 12.5 Å². The van der Waals surface area contributed by atoms with Crippen LogP contribution >= 0.6 is 0 Å². The molecule has 0 heterocycles. The number of hydrogen-bond acceptors (Lipinski definition) is 3. The van der Waals surface area contributed by atoms with E-state index < -0.39 is 6.61 Å². The predicted octanol–water partition coefficient (Wildman–Crippen LogP) is 4.00. The van der Waals surface area contributed by atoms with E-state index in [2.05, 4.69) is 10.1 Å². The van der Waals surface area contributed by atoms with E-state index in [0.717, 1.165) is 36.1 Å². The Morgan fingerprint density at radius 2 is 2.00 bits per heavy atom. The monoisotopic (exact) mass is 360 g/mol. The summed E-state index contributed by atoms with van der Waals surface area (Å²) in [6.07, 6.45) is 3.81. The largest absolute Gasteiger partial charge is 0.435 e. The van der Waals surface area contributed by atoms with Gasteiger partial charge in [-0.2, -0.15) is 8.78 Å². The lowest BCUT2D eigenvalue weighted by Gasteiger charge is -2.26. The molecule has 26 heavy (non-hydrogen) atoms. The number of anilines is 1. The van der Waals surface area contributed by atoms with E-state index in [9.17, 15) is 13.6 Å². The molecule has 0 aromatic heterocycles. The molecule has 2 aromatic rings. The average molecular weight is 360 g/mol. The molecule has 0 bridgehead atoms. The van der Waals surface area contributed by atoms with Gasteiger partial charge < -0.3 is 15.8 Å². The Balaban J connectivity index is 1.54. The van der Waals surface area contributed by atoms with E-state index in [-0.39, 0.29) is 17.7 Å². The number of ether oxygens (including phenoxy) is 1. The average Bonchev–Trinajstić information content (AvgIpc) is 2.60. The van der Waals surface area contributed by atoms with Crippen molar-refractivity contribution in [2.45, 2.75) is 44.8 Å². The van der Waals surface area contributed by atoms with E-state index in [1.807, 2.05) is 18.2 Å². The number of aryl methyl sites for hydroxylation is 2. The summed E-state index contributed by atoms with van der Waals surface area (Å²) in [5.74, 6) is 0.0962. The lowest BCUT2D eigenvalue weighted by atomic mass is 9.87. The summed E-state index contributed by atoms with van der Waals surface area (Å²) in [7, 11) is 0. The topological polar surface area (TPSA) is 64.3 Å². The standard InChI is InChI=1S/C20H22F2N2O2/c21-20(22)26-16-8-4-13(5-9-16)6-11-19(25)24-18-3-1-2-14-12-15(23)7-10-17(14)18/h4-5,7-10,12,18,20H,1-3,6,11,23H2,(H,24,25). The number of carbonyl (C=O) groups excluding carboxylic acids is 1. The van der Waals surface area contributed by atoms with Crippen LogP contribution in [0.1, 0.15) is 42.0 Å². The van der Waals surface area contributed by atoms with E-state index in [0.29, 0.717) is 12.8 Å². The summed E-state index contributed by atoms with van der Waals surface area (Å²) in [5.41, 5.74) is 9.84. The Morgan fingerprint density at radius 3 is 2.73 bits per heavy atom. The van der Waals surface area contributed by atoms with Crippen molar-refractivity contribution in [1.29, 1.82) is 0 Å². The molecule has 3 N–H and O–H groups in total. The van der Waals surface area contributed by atoms with Gasteiger partial charge in [0.2, 0.25) is 5.91 Å². The summed E-state index contributed by atoms with van der Waals surface area (Å²) in [6.45, 7) is -2.83. The van der Waals surface area contributed by atoms with Gasteiger partial charge >= 0.3 is 6.61 Å². The maximum Gasteiger partial charge on any atom is 0.387 e. The van der Waals surface area contributed by atoms with Gasteiger partial charge in [0.05, 0.1) is 6.04 Å². The zero-order valence-electron chi connectivity index (χ0n) is 14.4. The maximum atomic E-state index is 12.3. The summed E-state index contributed by atoms with van der Waals surface area (Å²) < 4.78 is 28.6. The number of benzene rings is 2. The summed E-state index contributed by atoms with van der Waals surface area (Å²) in [4.78, 5) is 12.3. The first kappa shape index (κ1) is 18.2. The molecule has 0 fully saturated rings. The molecule has 1 amide bonds. The molecule has 0 saturated carbocycles. The van der Waals surface area contributed by atoms with Gasteiger partial charge in [0, 0.05) is 12.1 Å². The summed E-state index contributed by atoms with van der Waals surface area (Å²) in [6, 6.07) is 12.2. The van der Waals surface area contributed by atoms with E-state index in [1.165, 1.54) is 17.7 Å². The highest BCUT2D eigenvalue weighted by Crippen LogP contribution is 2.31. The fourth-order valence-corrected chi connectivity index (χ4v) is 3.35. The van der Waals surface area contributed by atoms with Crippen LogP contribution in [0.4, 0.5) is 14.5 Å². The van der Waals surface area contributed by atoms with Gasteiger partial charge in [0.1, 0.15) is 5.75 Å². The highest BCUT2D eigenvalue weighted by atomic mass is 19.3. The minimum absolute atomic E-state index is 0.0208. The van der Waals surface area contributed by atoms with Crippen molar-refractivity contribution in [2.24, 2.45) is 0 Å². The predicted molar refractivity (Wildman–Crippen MR) is 96.1 cm³/mol. The third-order valence-corrected chi connectivity index (χ3v) is 4.61. The SMILES string of the molecule is Nc1ccc2c(c1)CCCC2NC(=O)CCc1ccc(OC(F)F)cc1. The van der Waals surface area contributed by atoms with Crippen molar-refractivity contribution in [3.05, 3.63) is 59.2 Å². The van der Waals surface area contributed by atoms with Gasteiger partial charge in [-0.3, -0.25) is 4.79 Å². The van der Waals surface area contributed by atoms with Gasteiger partial charge in [-0.15, -0.1) is 0 Å². The second kappa shape index (κ2) is 8.17. The Bertz CT molecular complexity index is 763. The van der Waals surface area contributed by atoms with Crippen LogP contribution in [0.15, 0.2) is 42.5 Å². The van der Waals surface area contributed by atoms with Gasteiger partial charge in [0.25, 0.3) is 0 Å². The maximum absolute atomic E-state index is 12.3. The normalized spacial score (nSPS) is 16.2. The second-order valence-electron chi connectivity index (χ2n) is 6.49. The van der Waals surface area contributed by atoms with Crippen molar-refractivity contribution >= 4 is 11.6 Å². The molecule has 1 atom stereocenters. The van der Waals surface area contributed by atoms with Crippen LogP contribution < -0.4 is 15.8 Å². The number of fused-ring (bicyclic) bond motifs is 1. The van der Waals surface area contributed by atoms with E-state index in [1.54, 1.807) is 12.1 Å². The van der Waals surface area contributed by atoms with Crippen LogP contribution in [0.3, 0.4) is 0 Å². The molecule has 1 aliphatic rings. The zero-order valence-corrected chi connectivity index (χ0v) is 14.4. The lowest BCUT2D eigenvalue weighted by molar-refractivity contribution is -0.121. The molecule has 0 radical (unpaired) electrons. The van der Waals surface area contributed by atoms with Gasteiger partial charge in [-0.25, -0.2) is 0 Å². The Kier molecular flexibility index (Phi) is 5.71. The Morgan fingerprint density at radius 1 is 1.23 bits per heavy atom. The Labute approximate surface area is 151 Å². The number of carbonyl (C=O) groups is 1. The van der Waals surface area contributed by atoms with Gasteiger partial charge in [-0.1, -0.05) is 18.2 Å². The van der Waals surface area contributed by atoms with Crippen molar-refractivity contribution < 1.29 is 18.3 Å². The first-order valence-electron chi connectivity index (χ1n) is 8.72. The molecule has 1 unspecified atom stereocenters. The van der Waals surface area contributed by atoms with Gasteiger partial charge in [0.15, 0.2) is 0 Å². The van der Waals surface area contributed by atoms with Crippen LogP contribution in [0.5, 0.6) is 5.75 Å². The number of halogens is 2. The van der Waals surface area contributed by atoms with Crippen molar-refractivity contribution in [2.75, 3.05) is 5.73 Å². The third kappa shape index (κ3) is 4.71. The molecule has 0 saturated heterocycles. The molecule has 138 valence electrons. The number of nitrogens with one attached hydrogen (secondary N) is 1. The van der Waals surface area contributed by atoms with E-state index >= 15 is 0 Å². The molecule has 0 aliphatic heterocycles. The summed E-state index contributed by atoms with van der Waals surface area (Å²) >= 11 is 0. The fraction of sp³-hybridized carbons (Fsp3) is 0.350. The molecule has 3 rings (SSSR count). The molecule has 4 nitrogen and oxygen atoms in total. The number of alkyl halides is 2. The highest BCUT2D eigenvalue weighted by molar-refractivity contribution is 5.77. The number of amides is 1. The second-order valence-corrected chi connectivity index (χ2v) is 6.49. The van der Waals surface area contributed by atoms with Crippen LogP contribution in [0.25, 0.3) is 0 Å². The fourth-order valence-electron chi connectivity index (χ4n) is 3.35. The first-order chi connectivity index (χ1) is 12.5. The van der Waals surface area contributed by atoms with Crippen molar-refractivity contribution in [3.8, 4) is 5.75 Å². The lowest BCUT2D eigenvalue weighted by Crippen LogP contribution is -2.31. The molecular formula is C20H22F2N2O2. The molecule has 1 aliphatic carbocycles. The van der Waals surface area contributed by atoms with E-state index in [4.69, 9.17) is 5.73 Å².